The number of hydrogen-bond acceptors (Lipinski definition) is 1. The average molecular weight is 362 g/mol. The molecule has 0 atom stereocenters. The van der Waals surface area contributed by atoms with Crippen molar-refractivity contribution in [2.75, 3.05) is 5.32 Å². The number of aryl methyl sites for hydroxylation is 1. The van der Waals surface area contributed by atoms with Crippen molar-refractivity contribution in [2.45, 2.75) is 19.6 Å². The van der Waals surface area contributed by atoms with Gasteiger partial charge in [0.2, 0.25) is 0 Å². The van der Waals surface area contributed by atoms with Gasteiger partial charge in [0.15, 0.2) is 0 Å². The predicted molar refractivity (Wildman–Crippen MR) is 77.6 cm³/mol. The molecule has 0 unspecified atom stereocenters. The fourth-order valence-corrected chi connectivity index (χ4v) is 2.26. The first-order valence-corrected chi connectivity index (χ1v) is 6.92. The number of benzene rings is 2. The van der Waals surface area contributed by atoms with Crippen molar-refractivity contribution in [1.29, 1.82) is 0 Å². The fourth-order valence-electron chi connectivity index (χ4n) is 1.90. The van der Waals surface area contributed by atoms with Gasteiger partial charge in [-0.15, -0.1) is 0 Å². The lowest BCUT2D eigenvalue weighted by atomic mass is 10.1. The summed E-state index contributed by atoms with van der Waals surface area (Å²) < 4.78 is 52.0. The predicted octanol–water partition coefficient (Wildman–Crippen LogP) is 5.53. The maximum Gasteiger partial charge on any atom is 0.416 e. The molecule has 0 aliphatic heterocycles. The van der Waals surface area contributed by atoms with Gasteiger partial charge in [-0.1, -0.05) is 22.0 Å². The van der Waals surface area contributed by atoms with Crippen molar-refractivity contribution in [1.82, 2.24) is 0 Å². The minimum absolute atomic E-state index is 0.109. The topological polar surface area (TPSA) is 12.0 Å². The molecule has 0 heterocycles. The van der Waals surface area contributed by atoms with E-state index in [0.29, 0.717) is 6.07 Å². The molecule has 1 nitrogen and oxygen atoms in total. The van der Waals surface area contributed by atoms with E-state index in [1.165, 1.54) is 0 Å². The van der Waals surface area contributed by atoms with Gasteiger partial charge in [-0.05, 0) is 48.4 Å². The van der Waals surface area contributed by atoms with Gasteiger partial charge in [0, 0.05) is 16.7 Å². The summed E-state index contributed by atoms with van der Waals surface area (Å²) in [7, 11) is 0. The van der Waals surface area contributed by atoms with Crippen LogP contribution in [0.2, 0.25) is 0 Å². The van der Waals surface area contributed by atoms with Crippen LogP contribution in [0.25, 0.3) is 0 Å². The third kappa shape index (κ3) is 4.20. The van der Waals surface area contributed by atoms with E-state index >= 15 is 0 Å². The highest BCUT2D eigenvalue weighted by Gasteiger charge is 2.31. The summed E-state index contributed by atoms with van der Waals surface area (Å²) >= 11 is 3.32. The smallest absolute Gasteiger partial charge is 0.381 e. The Hall–Kier alpha value is -1.56. The normalized spacial score (nSPS) is 11.5. The molecule has 0 aliphatic carbocycles. The Kier molecular flexibility index (Phi) is 4.56. The molecule has 2 aromatic carbocycles. The Balaban J connectivity index is 2.20. The first-order valence-electron chi connectivity index (χ1n) is 6.12. The monoisotopic (exact) mass is 361 g/mol. The molecule has 0 saturated heterocycles. The fraction of sp³-hybridized carbons (Fsp3) is 0.200. The van der Waals surface area contributed by atoms with E-state index < -0.39 is 17.6 Å². The van der Waals surface area contributed by atoms with Crippen LogP contribution in [0.15, 0.2) is 40.9 Å². The second kappa shape index (κ2) is 6.05. The molecule has 0 spiro atoms. The molecule has 2 rings (SSSR count). The van der Waals surface area contributed by atoms with Crippen molar-refractivity contribution in [3.63, 3.8) is 0 Å². The van der Waals surface area contributed by atoms with Gasteiger partial charge in [0.25, 0.3) is 0 Å². The molecule has 0 saturated carbocycles. The third-order valence-electron chi connectivity index (χ3n) is 2.97. The molecule has 2 aromatic rings. The van der Waals surface area contributed by atoms with E-state index in [1.54, 1.807) is 0 Å². The molecule has 0 aromatic heterocycles. The zero-order chi connectivity index (χ0) is 15.6. The quantitative estimate of drug-likeness (QED) is 0.709. The van der Waals surface area contributed by atoms with Gasteiger partial charge < -0.3 is 5.32 Å². The van der Waals surface area contributed by atoms with Crippen molar-refractivity contribution < 1.29 is 17.6 Å². The van der Waals surface area contributed by atoms with Crippen LogP contribution >= 0.6 is 15.9 Å². The van der Waals surface area contributed by atoms with Crippen LogP contribution in [-0.2, 0) is 12.7 Å². The van der Waals surface area contributed by atoms with Gasteiger partial charge >= 0.3 is 6.18 Å². The molecule has 112 valence electrons. The Labute approximate surface area is 128 Å². The number of hydrogen-bond donors (Lipinski definition) is 1. The Morgan fingerprint density at radius 3 is 2.48 bits per heavy atom. The SMILES string of the molecule is Cc1ccc(Br)cc1NCc1cc(F)cc(C(F)(F)F)c1. The van der Waals surface area contributed by atoms with E-state index in [9.17, 15) is 17.6 Å². The molecule has 21 heavy (non-hydrogen) atoms. The molecule has 0 fully saturated rings. The van der Waals surface area contributed by atoms with Gasteiger partial charge in [-0.25, -0.2) is 4.39 Å². The lowest BCUT2D eigenvalue weighted by molar-refractivity contribution is -0.137. The molecule has 0 bridgehead atoms. The number of halogens is 5. The first-order chi connectivity index (χ1) is 9.75. The third-order valence-corrected chi connectivity index (χ3v) is 3.46. The lowest BCUT2D eigenvalue weighted by Crippen LogP contribution is -2.08. The van der Waals surface area contributed by atoms with Crippen LogP contribution in [-0.4, -0.2) is 0 Å². The van der Waals surface area contributed by atoms with Crippen molar-refractivity contribution in [2.24, 2.45) is 0 Å². The zero-order valence-electron chi connectivity index (χ0n) is 11.1. The summed E-state index contributed by atoms with van der Waals surface area (Å²) in [5.41, 5.74) is 0.986. The molecule has 0 amide bonds. The summed E-state index contributed by atoms with van der Waals surface area (Å²) in [6, 6.07) is 8.09. The second-order valence-corrected chi connectivity index (χ2v) is 5.57. The lowest BCUT2D eigenvalue weighted by Gasteiger charge is -2.12. The number of alkyl halides is 3. The van der Waals surface area contributed by atoms with Crippen molar-refractivity contribution >= 4 is 21.6 Å². The highest BCUT2D eigenvalue weighted by molar-refractivity contribution is 9.10. The van der Waals surface area contributed by atoms with Crippen LogP contribution < -0.4 is 5.32 Å². The molecule has 1 N–H and O–H groups in total. The first kappa shape index (κ1) is 15.8. The molecule has 0 radical (unpaired) electrons. The Morgan fingerprint density at radius 1 is 1.10 bits per heavy atom. The van der Waals surface area contributed by atoms with Crippen LogP contribution in [0.1, 0.15) is 16.7 Å². The molecular weight excluding hydrogens is 350 g/mol. The highest BCUT2D eigenvalue weighted by Crippen LogP contribution is 2.30. The number of anilines is 1. The molecule has 0 aliphatic rings. The van der Waals surface area contributed by atoms with Gasteiger partial charge in [0.1, 0.15) is 5.82 Å². The second-order valence-electron chi connectivity index (χ2n) is 4.66. The minimum atomic E-state index is -4.55. The van der Waals surface area contributed by atoms with Crippen LogP contribution in [0.4, 0.5) is 23.2 Å². The summed E-state index contributed by atoms with van der Waals surface area (Å²) in [6.07, 6.45) is -4.55. The molecule has 6 heteroatoms. The average Bonchev–Trinajstić information content (AvgIpc) is 2.38. The van der Waals surface area contributed by atoms with Crippen LogP contribution in [0, 0.1) is 12.7 Å². The van der Waals surface area contributed by atoms with Crippen molar-refractivity contribution in [3.05, 3.63) is 63.4 Å². The molecular formula is C15H12BrF4N. The maximum absolute atomic E-state index is 13.3. The Morgan fingerprint density at radius 2 is 1.81 bits per heavy atom. The van der Waals surface area contributed by atoms with Crippen molar-refractivity contribution in [3.8, 4) is 0 Å². The Bertz CT molecular complexity index is 653. The zero-order valence-corrected chi connectivity index (χ0v) is 12.6. The largest absolute Gasteiger partial charge is 0.416 e. The summed E-state index contributed by atoms with van der Waals surface area (Å²) in [6.45, 7) is 1.99. The summed E-state index contributed by atoms with van der Waals surface area (Å²) in [4.78, 5) is 0. The maximum atomic E-state index is 13.3. The van der Waals surface area contributed by atoms with Gasteiger partial charge in [0.05, 0.1) is 5.56 Å². The summed E-state index contributed by atoms with van der Waals surface area (Å²) in [5, 5.41) is 3.01. The van der Waals surface area contributed by atoms with E-state index in [0.717, 1.165) is 27.9 Å². The van der Waals surface area contributed by atoms with Crippen LogP contribution in [0.5, 0.6) is 0 Å². The number of nitrogens with one attached hydrogen (secondary N) is 1. The standard InChI is InChI=1S/C15H12BrF4N/c1-9-2-3-12(16)7-14(9)21-8-10-4-11(15(18,19)20)6-13(17)5-10/h2-7,21H,8H2,1H3. The van der Waals surface area contributed by atoms with E-state index in [-0.39, 0.29) is 12.1 Å². The van der Waals surface area contributed by atoms with Crippen LogP contribution in [0.3, 0.4) is 0 Å². The van der Waals surface area contributed by atoms with Gasteiger partial charge in [-0.3, -0.25) is 0 Å². The number of rotatable bonds is 3. The van der Waals surface area contributed by atoms with E-state index in [2.05, 4.69) is 21.2 Å². The van der Waals surface area contributed by atoms with E-state index in [1.807, 2.05) is 25.1 Å². The highest BCUT2D eigenvalue weighted by atomic mass is 79.9. The van der Waals surface area contributed by atoms with E-state index in [4.69, 9.17) is 0 Å². The van der Waals surface area contributed by atoms with Gasteiger partial charge in [-0.2, -0.15) is 13.2 Å². The minimum Gasteiger partial charge on any atom is -0.381 e. The summed E-state index contributed by atoms with van der Waals surface area (Å²) in [5.74, 6) is -0.896.